The first-order chi connectivity index (χ1) is 10.1. The van der Waals surface area contributed by atoms with Gasteiger partial charge in [-0.05, 0) is 61.0 Å². The van der Waals surface area contributed by atoms with Crippen LogP contribution in [-0.2, 0) is 6.54 Å². The molecule has 1 aliphatic heterocycles. The maximum Gasteiger partial charge on any atom is 0.291 e. The molecule has 3 rings (SSSR count). The molecular formula is C15H23BrN4O. The van der Waals surface area contributed by atoms with Crippen molar-refractivity contribution in [3.8, 4) is 0 Å². The lowest BCUT2D eigenvalue weighted by Crippen LogP contribution is -2.42. The molecule has 116 valence electrons. The van der Waals surface area contributed by atoms with E-state index in [-0.39, 0.29) is 5.56 Å². The van der Waals surface area contributed by atoms with Gasteiger partial charge in [0.15, 0.2) is 0 Å². The van der Waals surface area contributed by atoms with Crippen molar-refractivity contribution in [1.29, 1.82) is 0 Å². The second kappa shape index (κ2) is 6.48. The van der Waals surface area contributed by atoms with E-state index in [2.05, 4.69) is 38.6 Å². The van der Waals surface area contributed by atoms with E-state index in [9.17, 15) is 4.79 Å². The van der Waals surface area contributed by atoms with Gasteiger partial charge >= 0.3 is 0 Å². The zero-order valence-corrected chi connectivity index (χ0v) is 14.0. The van der Waals surface area contributed by atoms with Crippen LogP contribution >= 0.6 is 15.9 Å². The molecule has 1 aromatic heterocycles. The van der Waals surface area contributed by atoms with Gasteiger partial charge in [0, 0.05) is 18.6 Å². The van der Waals surface area contributed by atoms with E-state index in [1.165, 1.54) is 19.3 Å². The van der Waals surface area contributed by atoms with Crippen LogP contribution in [0.3, 0.4) is 0 Å². The lowest BCUT2D eigenvalue weighted by Gasteiger charge is -2.30. The molecule has 0 radical (unpaired) electrons. The van der Waals surface area contributed by atoms with Crippen LogP contribution in [-0.4, -0.2) is 28.4 Å². The summed E-state index contributed by atoms with van der Waals surface area (Å²) in [4.78, 5) is 12.6. The quantitative estimate of drug-likeness (QED) is 0.871. The highest BCUT2D eigenvalue weighted by atomic mass is 79.9. The zero-order chi connectivity index (χ0) is 14.8. The molecule has 0 bridgehead atoms. The highest BCUT2D eigenvalue weighted by Gasteiger charge is 2.23. The predicted octanol–water partition coefficient (Wildman–Crippen LogP) is 2.36. The highest BCUT2D eigenvalue weighted by Crippen LogP contribution is 2.27. The summed E-state index contributed by atoms with van der Waals surface area (Å²) in [7, 11) is 0. The minimum Gasteiger partial charge on any atom is -0.377 e. The fraction of sp³-hybridized carbons (Fsp3) is 0.733. The molecule has 2 aliphatic rings. The first kappa shape index (κ1) is 15.0. The third-order valence-corrected chi connectivity index (χ3v) is 5.23. The number of hydrogen-bond donors (Lipinski definition) is 2. The summed E-state index contributed by atoms with van der Waals surface area (Å²) in [6.45, 7) is 3.94. The third kappa shape index (κ3) is 3.48. The Morgan fingerprint density at radius 2 is 2.29 bits per heavy atom. The fourth-order valence-corrected chi connectivity index (χ4v) is 3.49. The average Bonchev–Trinajstić information content (AvgIpc) is 2.41. The minimum absolute atomic E-state index is 0.00228. The first-order valence-electron chi connectivity index (χ1n) is 7.89. The molecule has 2 atom stereocenters. The van der Waals surface area contributed by atoms with Gasteiger partial charge in [-0.25, -0.2) is 4.68 Å². The van der Waals surface area contributed by atoms with Crippen molar-refractivity contribution in [2.45, 2.75) is 57.7 Å². The Kier molecular flexibility index (Phi) is 4.64. The molecule has 0 spiro atoms. The Bertz CT molecular complexity index is 555. The molecule has 2 unspecified atom stereocenters. The van der Waals surface area contributed by atoms with Crippen molar-refractivity contribution in [3.63, 3.8) is 0 Å². The van der Waals surface area contributed by atoms with Crippen molar-refractivity contribution in [3.05, 3.63) is 21.0 Å². The summed E-state index contributed by atoms with van der Waals surface area (Å²) in [5, 5.41) is 11.1. The van der Waals surface area contributed by atoms with Crippen molar-refractivity contribution in [2.75, 3.05) is 11.9 Å². The lowest BCUT2D eigenvalue weighted by atomic mass is 9.85. The molecule has 0 aromatic carbocycles. The number of aromatic nitrogens is 2. The average molecular weight is 355 g/mol. The summed E-state index contributed by atoms with van der Waals surface area (Å²) in [6, 6.07) is 0.846. The molecular weight excluding hydrogens is 332 g/mol. The summed E-state index contributed by atoms with van der Waals surface area (Å²) in [6.07, 6.45) is 7.55. The Morgan fingerprint density at radius 3 is 2.95 bits per heavy atom. The number of hydrogen-bond acceptors (Lipinski definition) is 4. The number of piperidine rings is 1. The van der Waals surface area contributed by atoms with E-state index in [1.807, 2.05) is 0 Å². The van der Waals surface area contributed by atoms with Crippen LogP contribution < -0.4 is 16.2 Å². The summed E-state index contributed by atoms with van der Waals surface area (Å²) < 4.78 is 2.39. The van der Waals surface area contributed by atoms with Gasteiger partial charge in [-0.15, -0.1) is 0 Å². The Hall–Kier alpha value is -0.880. The van der Waals surface area contributed by atoms with Crippen LogP contribution in [0.15, 0.2) is 15.5 Å². The molecule has 5 nitrogen and oxygen atoms in total. The molecule has 0 amide bonds. The Balaban J connectivity index is 1.76. The second-order valence-corrected chi connectivity index (χ2v) is 7.23. The molecule has 1 aromatic rings. The first-order valence-corrected chi connectivity index (χ1v) is 8.68. The largest absolute Gasteiger partial charge is 0.377 e. The molecule has 2 heterocycles. The van der Waals surface area contributed by atoms with Gasteiger partial charge in [-0.1, -0.05) is 6.42 Å². The molecule has 21 heavy (non-hydrogen) atoms. The number of rotatable bonds is 4. The summed E-state index contributed by atoms with van der Waals surface area (Å²) in [5.74, 6) is 0.628. The molecule has 2 fully saturated rings. The Morgan fingerprint density at radius 1 is 1.48 bits per heavy atom. The normalized spacial score (nSPS) is 26.4. The van der Waals surface area contributed by atoms with E-state index < -0.39 is 0 Å². The van der Waals surface area contributed by atoms with E-state index in [0.29, 0.717) is 23.7 Å². The number of nitrogens with one attached hydrogen (secondary N) is 2. The fourth-order valence-electron chi connectivity index (χ4n) is 3.12. The predicted molar refractivity (Wildman–Crippen MR) is 87.6 cm³/mol. The van der Waals surface area contributed by atoms with Crippen molar-refractivity contribution >= 4 is 21.6 Å². The van der Waals surface area contributed by atoms with Crippen molar-refractivity contribution < 1.29 is 0 Å². The molecule has 1 aliphatic carbocycles. The highest BCUT2D eigenvalue weighted by molar-refractivity contribution is 9.10. The summed E-state index contributed by atoms with van der Waals surface area (Å²) >= 11 is 3.47. The van der Waals surface area contributed by atoms with E-state index in [4.69, 9.17) is 0 Å². The van der Waals surface area contributed by atoms with Gasteiger partial charge in [0.1, 0.15) is 5.69 Å². The van der Waals surface area contributed by atoms with Crippen molar-refractivity contribution in [1.82, 2.24) is 15.1 Å². The van der Waals surface area contributed by atoms with Crippen LogP contribution in [0.5, 0.6) is 0 Å². The van der Waals surface area contributed by atoms with Crippen molar-refractivity contribution in [2.24, 2.45) is 5.92 Å². The van der Waals surface area contributed by atoms with Crippen LogP contribution in [0, 0.1) is 5.92 Å². The third-order valence-electron chi connectivity index (χ3n) is 4.63. The van der Waals surface area contributed by atoms with Gasteiger partial charge in [-0.3, -0.25) is 4.79 Å². The number of anilines is 1. The maximum atomic E-state index is 12.6. The Labute approximate surface area is 133 Å². The molecule has 2 N–H and O–H groups in total. The standard InChI is InChI=1S/C15H23BrN4O/c1-10-7-12(5-6-17-10)19-14-13(16)8-18-20(15(14)21)9-11-3-2-4-11/h8,10-12,17,19H,2-7,9H2,1H3. The minimum atomic E-state index is 0.00228. The second-order valence-electron chi connectivity index (χ2n) is 6.37. The zero-order valence-electron chi connectivity index (χ0n) is 12.4. The van der Waals surface area contributed by atoms with Gasteiger partial charge in [0.05, 0.1) is 10.7 Å². The number of nitrogens with zero attached hydrogens (tertiary/aromatic N) is 2. The van der Waals surface area contributed by atoms with E-state index in [1.54, 1.807) is 10.9 Å². The van der Waals surface area contributed by atoms with Crippen LogP contribution in [0.2, 0.25) is 0 Å². The van der Waals surface area contributed by atoms with Gasteiger partial charge in [0.2, 0.25) is 0 Å². The monoisotopic (exact) mass is 354 g/mol. The van der Waals surface area contributed by atoms with E-state index in [0.717, 1.165) is 30.4 Å². The maximum absolute atomic E-state index is 12.6. The summed E-state index contributed by atoms with van der Waals surface area (Å²) in [5.41, 5.74) is 0.672. The van der Waals surface area contributed by atoms with E-state index >= 15 is 0 Å². The smallest absolute Gasteiger partial charge is 0.291 e. The molecule has 1 saturated heterocycles. The molecule has 6 heteroatoms. The van der Waals surface area contributed by atoms with Gasteiger partial charge < -0.3 is 10.6 Å². The van der Waals surface area contributed by atoms with Crippen LogP contribution in [0.25, 0.3) is 0 Å². The van der Waals surface area contributed by atoms with Crippen LogP contribution in [0.4, 0.5) is 5.69 Å². The van der Waals surface area contributed by atoms with Gasteiger partial charge in [-0.2, -0.15) is 5.10 Å². The van der Waals surface area contributed by atoms with Crippen LogP contribution in [0.1, 0.15) is 39.0 Å². The topological polar surface area (TPSA) is 59.0 Å². The van der Waals surface area contributed by atoms with Gasteiger partial charge in [0.25, 0.3) is 5.56 Å². The number of halogens is 1. The molecule has 1 saturated carbocycles. The lowest BCUT2D eigenvalue weighted by molar-refractivity contribution is 0.261. The SMILES string of the molecule is CC1CC(Nc2c(Br)cnn(CC3CCC3)c2=O)CCN1.